The first-order chi connectivity index (χ1) is 14.2. The Balaban J connectivity index is 1.54. The highest BCUT2D eigenvalue weighted by molar-refractivity contribution is 5.90. The SMILES string of the molecule is O=C(/C=C/c1ccc(CNC2c3ccccc3CCc3ccccc32)cc1)NO. The number of hydroxylamine groups is 1. The number of aryl methyl sites for hydroxylation is 2. The van der Waals surface area contributed by atoms with Gasteiger partial charge in [0, 0.05) is 12.6 Å². The van der Waals surface area contributed by atoms with Crippen LogP contribution in [0.1, 0.15) is 39.4 Å². The van der Waals surface area contributed by atoms with Gasteiger partial charge in [0.25, 0.3) is 5.91 Å². The summed E-state index contributed by atoms with van der Waals surface area (Å²) in [6.07, 6.45) is 5.09. The van der Waals surface area contributed by atoms with E-state index in [9.17, 15) is 4.79 Å². The van der Waals surface area contributed by atoms with Crippen LogP contribution >= 0.6 is 0 Å². The van der Waals surface area contributed by atoms with Gasteiger partial charge in [-0.15, -0.1) is 0 Å². The average Bonchev–Trinajstić information content (AvgIpc) is 2.93. The van der Waals surface area contributed by atoms with Gasteiger partial charge in [0.15, 0.2) is 0 Å². The van der Waals surface area contributed by atoms with E-state index >= 15 is 0 Å². The van der Waals surface area contributed by atoms with Crippen LogP contribution in [-0.4, -0.2) is 11.1 Å². The molecule has 1 aliphatic carbocycles. The standard InChI is InChI=1S/C25H24N2O2/c28-24(27-29)16-13-18-9-11-19(12-10-18)17-26-25-22-7-3-1-5-20(22)14-15-21-6-2-4-8-23(21)25/h1-13,16,25-26,29H,14-15,17H2,(H,27,28)/b16-13+. The van der Waals surface area contributed by atoms with Crippen molar-refractivity contribution in [2.45, 2.75) is 25.4 Å². The van der Waals surface area contributed by atoms with Crippen molar-refractivity contribution in [2.24, 2.45) is 0 Å². The molecule has 3 aromatic carbocycles. The van der Waals surface area contributed by atoms with Gasteiger partial charge in [0.2, 0.25) is 0 Å². The molecule has 4 nitrogen and oxygen atoms in total. The fourth-order valence-corrected chi connectivity index (χ4v) is 3.92. The Hall–Kier alpha value is -3.21. The zero-order valence-electron chi connectivity index (χ0n) is 16.1. The Labute approximate surface area is 170 Å². The van der Waals surface area contributed by atoms with Gasteiger partial charge in [0.05, 0.1) is 6.04 Å². The van der Waals surface area contributed by atoms with Crippen LogP contribution in [0.2, 0.25) is 0 Å². The molecule has 0 saturated carbocycles. The van der Waals surface area contributed by atoms with Crippen LogP contribution in [-0.2, 0) is 24.2 Å². The summed E-state index contributed by atoms with van der Waals surface area (Å²) in [4.78, 5) is 11.1. The molecule has 0 saturated heterocycles. The van der Waals surface area contributed by atoms with Crippen molar-refractivity contribution in [2.75, 3.05) is 0 Å². The number of benzene rings is 3. The highest BCUT2D eigenvalue weighted by Gasteiger charge is 2.22. The maximum Gasteiger partial charge on any atom is 0.267 e. The molecule has 3 N–H and O–H groups in total. The minimum absolute atomic E-state index is 0.165. The first-order valence-electron chi connectivity index (χ1n) is 9.84. The Morgan fingerprint density at radius 2 is 1.48 bits per heavy atom. The number of rotatable bonds is 5. The smallest absolute Gasteiger partial charge is 0.267 e. The first kappa shape index (κ1) is 19.1. The normalized spacial score (nSPS) is 13.6. The number of fused-ring (bicyclic) bond motifs is 2. The summed E-state index contributed by atoms with van der Waals surface area (Å²) in [5.41, 5.74) is 9.19. The number of hydrogen-bond donors (Lipinski definition) is 3. The van der Waals surface area contributed by atoms with E-state index < -0.39 is 5.91 Å². The Morgan fingerprint density at radius 3 is 2.07 bits per heavy atom. The molecule has 0 unspecified atom stereocenters. The summed E-state index contributed by atoms with van der Waals surface area (Å²) >= 11 is 0. The zero-order valence-corrected chi connectivity index (χ0v) is 16.1. The number of carbonyl (C=O) groups is 1. The predicted molar refractivity (Wildman–Crippen MR) is 114 cm³/mol. The third-order valence-electron chi connectivity index (χ3n) is 5.42. The fourth-order valence-electron chi connectivity index (χ4n) is 3.92. The van der Waals surface area contributed by atoms with Crippen molar-refractivity contribution >= 4 is 12.0 Å². The van der Waals surface area contributed by atoms with Gasteiger partial charge in [0.1, 0.15) is 0 Å². The van der Waals surface area contributed by atoms with E-state index in [1.165, 1.54) is 33.9 Å². The average molecular weight is 384 g/mol. The molecule has 0 aliphatic heterocycles. The molecule has 4 rings (SSSR count). The quantitative estimate of drug-likeness (QED) is 0.351. The van der Waals surface area contributed by atoms with Crippen LogP contribution < -0.4 is 10.8 Å². The maximum atomic E-state index is 11.1. The van der Waals surface area contributed by atoms with Gasteiger partial charge >= 0.3 is 0 Å². The molecule has 3 aromatic rings. The van der Waals surface area contributed by atoms with Crippen LogP contribution in [0.15, 0.2) is 78.9 Å². The third-order valence-corrected chi connectivity index (χ3v) is 5.42. The molecular formula is C25H24N2O2. The lowest BCUT2D eigenvalue weighted by Gasteiger charge is -2.22. The fraction of sp³-hybridized carbons (Fsp3) is 0.160. The second kappa shape index (κ2) is 8.86. The van der Waals surface area contributed by atoms with Crippen molar-refractivity contribution in [1.82, 2.24) is 10.8 Å². The van der Waals surface area contributed by atoms with E-state index in [-0.39, 0.29) is 6.04 Å². The molecule has 0 bridgehead atoms. The molecule has 0 fully saturated rings. The molecule has 1 aliphatic rings. The summed E-state index contributed by atoms with van der Waals surface area (Å²) in [6.45, 7) is 0.744. The van der Waals surface area contributed by atoms with E-state index in [0.29, 0.717) is 0 Å². The summed E-state index contributed by atoms with van der Waals surface area (Å²) in [5, 5.41) is 12.3. The number of hydrogen-bond acceptors (Lipinski definition) is 3. The molecule has 1 amide bonds. The minimum atomic E-state index is -0.540. The van der Waals surface area contributed by atoms with E-state index in [4.69, 9.17) is 5.21 Å². The van der Waals surface area contributed by atoms with E-state index in [0.717, 1.165) is 24.9 Å². The van der Waals surface area contributed by atoms with Crippen molar-refractivity contribution in [1.29, 1.82) is 0 Å². The molecule has 0 atom stereocenters. The van der Waals surface area contributed by atoms with Gasteiger partial charge in [-0.1, -0.05) is 72.8 Å². The molecule has 29 heavy (non-hydrogen) atoms. The van der Waals surface area contributed by atoms with Gasteiger partial charge in [-0.3, -0.25) is 10.0 Å². The zero-order chi connectivity index (χ0) is 20.1. The number of nitrogens with one attached hydrogen (secondary N) is 2. The predicted octanol–water partition coefficient (Wildman–Crippen LogP) is 4.18. The summed E-state index contributed by atoms with van der Waals surface area (Å²) in [5.74, 6) is -0.540. The van der Waals surface area contributed by atoms with Crippen molar-refractivity contribution < 1.29 is 10.0 Å². The highest BCUT2D eigenvalue weighted by Crippen LogP contribution is 2.32. The topological polar surface area (TPSA) is 61.4 Å². The lowest BCUT2D eigenvalue weighted by molar-refractivity contribution is -0.124. The minimum Gasteiger partial charge on any atom is -0.302 e. The molecule has 0 heterocycles. The Morgan fingerprint density at radius 1 is 0.897 bits per heavy atom. The van der Waals surface area contributed by atoms with E-state index in [1.807, 2.05) is 12.1 Å². The van der Waals surface area contributed by atoms with Crippen LogP contribution in [0.3, 0.4) is 0 Å². The van der Waals surface area contributed by atoms with E-state index in [1.54, 1.807) is 11.6 Å². The summed E-state index contributed by atoms with van der Waals surface area (Å²) < 4.78 is 0. The van der Waals surface area contributed by atoms with Crippen LogP contribution in [0.4, 0.5) is 0 Å². The van der Waals surface area contributed by atoms with Crippen molar-refractivity contribution in [3.05, 3.63) is 112 Å². The molecule has 146 valence electrons. The van der Waals surface area contributed by atoms with Gasteiger partial charge < -0.3 is 5.32 Å². The van der Waals surface area contributed by atoms with Crippen molar-refractivity contribution in [3.63, 3.8) is 0 Å². The van der Waals surface area contributed by atoms with Crippen molar-refractivity contribution in [3.8, 4) is 0 Å². The van der Waals surface area contributed by atoms with Gasteiger partial charge in [-0.25, -0.2) is 5.48 Å². The first-order valence-corrected chi connectivity index (χ1v) is 9.84. The Kier molecular flexibility index (Phi) is 5.84. The van der Waals surface area contributed by atoms with Gasteiger partial charge in [-0.2, -0.15) is 0 Å². The third kappa shape index (κ3) is 4.45. The second-order valence-corrected chi connectivity index (χ2v) is 7.26. The lowest BCUT2D eigenvalue weighted by atomic mass is 9.94. The molecular weight excluding hydrogens is 360 g/mol. The number of amides is 1. The number of carbonyl (C=O) groups excluding carboxylic acids is 1. The van der Waals surface area contributed by atoms with Crippen LogP contribution in [0, 0.1) is 0 Å². The molecule has 0 aromatic heterocycles. The molecule has 0 radical (unpaired) electrons. The monoisotopic (exact) mass is 384 g/mol. The van der Waals surface area contributed by atoms with Crippen LogP contribution in [0.25, 0.3) is 6.08 Å². The summed E-state index contributed by atoms with van der Waals surface area (Å²) in [7, 11) is 0. The Bertz CT molecular complexity index is 978. The summed E-state index contributed by atoms with van der Waals surface area (Å²) in [6, 6.07) is 25.6. The second-order valence-electron chi connectivity index (χ2n) is 7.26. The largest absolute Gasteiger partial charge is 0.302 e. The van der Waals surface area contributed by atoms with Gasteiger partial charge in [-0.05, 0) is 52.3 Å². The molecule has 0 spiro atoms. The van der Waals surface area contributed by atoms with Crippen LogP contribution in [0.5, 0.6) is 0 Å². The maximum absolute atomic E-state index is 11.1. The molecule has 4 heteroatoms. The highest BCUT2D eigenvalue weighted by atomic mass is 16.5. The van der Waals surface area contributed by atoms with E-state index in [2.05, 4.69) is 66.0 Å². The lowest BCUT2D eigenvalue weighted by Crippen LogP contribution is -2.23.